The molecule has 0 aromatic carbocycles. The lowest BCUT2D eigenvalue weighted by molar-refractivity contribution is 0.0437. The molecule has 0 bridgehead atoms. The Morgan fingerprint density at radius 1 is 1.04 bits per heavy atom. The minimum Gasteiger partial charge on any atom is -0.393 e. The van der Waals surface area contributed by atoms with Crippen molar-refractivity contribution < 1.29 is 5.11 Å². The standard InChI is InChI=1S/C21H26N6O/c22-8-12-3-15(4-12)27-11-18(21(25-27)13-1-2-13)20-7-19-14(9-23-20)10-26(24-19)16-5-17(28)6-16/h7,9-13,15-17,28H,1-6,8,22H2. The molecule has 146 valence electrons. The summed E-state index contributed by atoms with van der Waals surface area (Å²) in [5.74, 6) is 1.22. The lowest BCUT2D eigenvalue weighted by Crippen LogP contribution is -2.32. The van der Waals surface area contributed by atoms with Gasteiger partial charge in [0.15, 0.2) is 0 Å². The van der Waals surface area contributed by atoms with E-state index in [0.717, 1.165) is 54.4 Å². The van der Waals surface area contributed by atoms with Crippen LogP contribution in [0.4, 0.5) is 0 Å². The summed E-state index contributed by atoms with van der Waals surface area (Å²) in [6.45, 7) is 0.777. The first-order valence-electron chi connectivity index (χ1n) is 10.5. The Hall–Kier alpha value is -2.25. The third kappa shape index (κ3) is 2.68. The van der Waals surface area contributed by atoms with E-state index in [2.05, 4.69) is 23.1 Å². The molecule has 7 heteroatoms. The average Bonchev–Trinajstić information content (AvgIpc) is 3.24. The Morgan fingerprint density at radius 3 is 2.50 bits per heavy atom. The molecule has 3 aliphatic carbocycles. The summed E-state index contributed by atoms with van der Waals surface area (Å²) in [6, 6.07) is 2.88. The van der Waals surface area contributed by atoms with Crippen LogP contribution < -0.4 is 5.73 Å². The zero-order valence-corrected chi connectivity index (χ0v) is 15.9. The zero-order chi connectivity index (χ0) is 18.8. The van der Waals surface area contributed by atoms with Crippen molar-refractivity contribution in [2.75, 3.05) is 6.54 Å². The van der Waals surface area contributed by atoms with Gasteiger partial charge in [0.1, 0.15) is 0 Å². The number of hydrogen-bond donors (Lipinski definition) is 2. The number of rotatable bonds is 5. The molecule has 0 atom stereocenters. The highest BCUT2D eigenvalue weighted by molar-refractivity contribution is 5.81. The molecule has 3 aromatic heterocycles. The van der Waals surface area contributed by atoms with Gasteiger partial charge in [0, 0.05) is 35.5 Å². The van der Waals surface area contributed by atoms with E-state index >= 15 is 0 Å². The Morgan fingerprint density at radius 2 is 1.79 bits per heavy atom. The average molecular weight is 378 g/mol. The van der Waals surface area contributed by atoms with Gasteiger partial charge in [-0.1, -0.05) is 0 Å². The van der Waals surface area contributed by atoms with E-state index in [4.69, 9.17) is 20.9 Å². The molecule has 3 saturated carbocycles. The highest BCUT2D eigenvalue weighted by Gasteiger charge is 2.35. The monoisotopic (exact) mass is 378 g/mol. The first-order chi connectivity index (χ1) is 13.7. The van der Waals surface area contributed by atoms with Crippen LogP contribution in [0.2, 0.25) is 0 Å². The predicted molar refractivity (Wildman–Crippen MR) is 106 cm³/mol. The van der Waals surface area contributed by atoms with Gasteiger partial charge in [0.05, 0.1) is 35.1 Å². The van der Waals surface area contributed by atoms with Gasteiger partial charge in [0.25, 0.3) is 0 Å². The van der Waals surface area contributed by atoms with Crippen LogP contribution in [0.1, 0.15) is 62.2 Å². The van der Waals surface area contributed by atoms with Crippen LogP contribution in [-0.2, 0) is 0 Å². The summed E-state index contributed by atoms with van der Waals surface area (Å²) in [4.78, 5) is 4.75. The molecule has 3 N–H and O–H groups in total. The Labute approximate surface area is 163 Å². The molecule has 0 unspecified atom stereocenters. The quantitative estimate of drug-likeness (QED) is 0.712. The highest BCUT2D eigenvalue weighted by Crippen LogP contribution is 2.45. The Kier molecular flexibility index (Phi) is 3.65. The SMILES string of the molecule is NCC1CC(n2cc(-c3cc4nn(C5CC(O)C5)cc4cn3)c(C3CC3)n2)C1. The van der Waals surface area contributed by atoms with E-state index < -0.39 is 0 Å². The van der Waals surface area contributed by atoms with E-state index in [-0.39, 0.29) is 6.10 Å². The van der Waals surface area contributed by atoms with Crippen LogP contribution in [0.25, 0.3) is 22.2 Å². The second-order valence-corrected chi connectivity index (χ2v) is 8.93. The number of aliphatic hydroxyl groups excluding tert-OH is 1. The first kappa shape index (κ1) is 16.7. The largest absolute Gasteiger partial charge is 0.393 e. The Bertz CT molecular complexity index is 1020. The maximum Gasteiger partial charge on any atom is 0.0960 e. The normalized spacial score (nSPS) is 29.6. The molecule has 28 heavy (non-hydrogen) atoms. The van der Waals surface area contributed by atoms with Gasteiger partial charge in [-0.15, -0.1) is 0 Å². The molecule has 7 nitrogen and oxygen atoms in total. The van der Waals surface area contributed by atoms with Crippen LogP contribution in [0, 0.1) is 5.92 Å². The third-order valence-corrected chi connectivity index (χ3v) is 6.79. The fourth-order valence-electron chi connectivity index (χ4n) is 4.60. The number of nitrogens with zero attached hydrogens (tertiary/aromatic N) is 5. The summed E-state index contributed by atoms with van der Waals surface area (Å²) < 4.78 is 4.16. The van der Waals surface area contributed by atoms with Crippen molar-refractivity contribution >= 4 is 10.9 Å². The van der Waals surface area contributed by atoms with Crippen molar-refractivity contribution in [3.8, 4) is 11.3 Å². The molecule has 3 fully saturated rings. The number of hydrogen-bond acceptors (Lipinski definition) is 5. The van der Waals surface area contributed by atoms with Crippen LogP contribution in [0.5, 0.6) is 0 Å². The topological polar surface area (TPSA) is 94.8 Å². The van der Waals surface area contributed by atoms with Crippen LogP contribution in [-0.4, -0.2) is 42.3 Å². The first-order valence-corrected chi connectivity index (χ1v) is 10.5. The number of aliphatic hydroxyl groups is 1. The Balaban J connectivity index is 1.33. The number of fused-ring (bicyclic) bond motifs is 1. The minimum atomic E-state index is -0.177. The van der Waals surface area contributed by atoms with Gasteiger partial charge in [-0.3, -0.25) is 14.3 Å². The van der Waals surface area contributed by atoms with E-state index in [1.165, 1.54) is 18.5 Å². The van der Waals surface area contributed by atoms with E-state index in [1.807, 2.05) is 10.9 Å². The molecule has 0 saturated heterocycles. The second kappa shape index (κ2) is 6.12. The van der Waals surface area contributed by atoms with Crippen molar-refractivity contribution in [1.82, 2.24) is 24.5 Å². The second-order valence-electron chi connectivity index (χ2n) is 8.93. The molecule has 0 aliphatic heterocycles. The van der Waals surface area contributed by atoms with Gasteiger partial charge in [-0.2, -0.15) is 10.2 Å². The van der Waals surface area contributed by atoms with Crippen molar-refractivity contribution in [3.05, 3.63) is 30.4 Å². The maximum absolute atomic E-state index is 9.57. The molecule has 0 radical (unpaired) electrons. The minimum absolute atomic E-state index is 0.177. The summed E-state index contributed by atoms with van der Waals surface area (Å²) in [6.07, 6.45) is 12.3. The van der Waals surface area contributed by atoms with Crippen molar-refractivity contribution in [2.45, 2.75) is 62.6 Å². The molecule has 0 amide bonds. The zero-order valence-electron chi connectivity index (χ0n) is 15.9. The van der Waals surface area contributed by atoms with Crippen molar-refractivity contribution in [3.63, 3.8) is 0 Å². The van der Waals surface area contributed by atoms with Gasteiger partial charge in [0.2, 0.25) is 0 Å². The van der Waals surface area contributed by atoms with Gasteiger partial charge in [-0.05, 0) is 57.1 Å². The van der Waals surface area contributed by atoms with Gasteiger partial charge in [-0.25, -0.2) is 0 Å². The molecule has 3 aromatic rings. The maximum atomic E-state index is 9.57. The highest BCUT2D eigenvalue weighted by atomic mass is 16.3. The smallest absolute Gasteiger partial charge is 0.0960 e. The summed E-state index contributed by atoms with van der Waals surface area (Å²) in [5.41, 5.74) is 10.1. The van der Waals surface area contributed by atoms with E-state index in [9.17, 15) is 5.11 Å². The number of aromatic nitrogens is 5. The lowest BCUT2D eigenvalue weighted by Gasteiger charge is -2.34. The van der Waals surface area contributed by atoms with Crippen LogP contribution in [0.15, 0.2) is 24.7 Å². The number of nitrogens with two attached hydrogens (primary N) is 1. The van der Waals surface area contributed by atoms with E-state index in [0.29, 0.717) is 23.9 Å². The van der Waals surface area contributed by atoms with Gasteiger partial charge >= 0.3 is 0 Å². The fourth-order valence-corrected chi connectivity index (χ4v) is 4.60. The molecule has 3 aliphatic rings. The summed E-state index contributed by atoms with van der Waals surface area (Å²) in [7, 11) is 0. The van der Waals surface area contributed by atoms with E-state index in [1.54, 1.807) is 0 Å². The van der Waals surface area contributed by atoms with Crippen LogP contribution >= 0.6 is 0 Å². The van der Waals surface area contributed by atoms with Gasteiger partial charge < -0.3 is 10.8 Å². The molecular weight excluding hydrogens is 352 g/mol. The third-order valence-electron chi connectivity index (χ3n) is 6.79. The van der Waals surface area contributed by atoms with Crippen LogP contribution in [0.3, 0.4) is 0 Å². The lowest BCUT2D eigenvalue weighted by atomic mass is 9.80. The molecule has 0 spiro atoms. The van der Waals surface area contributed by atoms with Crippen molar-refractivity contribution in [2.24, 2.45) is 11.7 Å². The molecule has 6 rings (SSSR count). The fraction of sp³-hybridized carbons (Fsp3) is 0.571. The van der Waals surface area contributed by atoms with Crippen molar-refractivity contribution in [1.29, 1.82) is 0 Å². The predicted octanol–water partition coefficient (Wildman–Crippen LogP) is 2.78. The molecule has 3 heterocycles. The number of pyridine rings is 1. The summed E-state index contributed by atoms with van der Waals surface area (Å²) in [5, 5.41) is 20.3. The summed E-state index contributed by atoms with van der Waals surface area (Å²) >= 11 is 0. The molecular formula is C21H26N6O.